The number of rotatable bonds is 4. The summed E-state index contributed by atoms with van der Waals surface area (Å²) in [5.41, 5.74) is -1.24. The number of nitrogens with zero attached hydrogens (tertiary/aromatic N) is 3. The number of aromatic amines is 1. The van der Waals surface area contributed by atoms with Crippen LogP contribution in [-0.2, 0) is 12.7 Å². The zero-order valence-electron chi connectivity index (χ0n) is 13.6. The van der Waals surface area contributed by atoms with Crippen molar-refractivity contribution in [2.24, 2.45) is 0 Å². The van der Waals surface area contributed by atoms with E-state index in [0.29, 0.717) is 5.56 Å². The maximum absolute atomic E-state index is 12.5. The van der Waals surface area contributed by atoms with Gasteiger partial charge in [0, 0.05) is 25.1 Å². The average Bonchev–Trinajstić information content (AvgIpc) is 2.66. The van der Waals surface area contributed by atoms with Crippen molar-refractivity contribution < 1.29 is 18.0 Å². The first-order chi connectivity index (χ1) is 12.8. The van der Waals surface area contributed by atoms with Crippen LogP contribution in [0.2, 0.25) is 0 Å². The molecule has 7 nitrogen and oxygen atoms in total. The van der Waals surface area contributed by atoms with Crippen molar-refractivity contribution >= 4 is 5.91 Å². The number of hydrogen-bond donors (Lipinski definition) is 2. The summed E-state index contributed by atoms with van der Waals surface area (Å²) in [6, 6.07) is 5.95. The SMILES string of the molecule is O=C(NCc1ccc(C(F)(F)F)cc1)c1cnc(-c2ncccn2)[nH]c1=O. The average molecular weight is 375 g/mol. The van der Waals surface area contributed by atoms with Crippen LogP contribution in [-0.4, -0.2) is 25.8 Å². The molecular weight excluding hydrogens is 363 g/mol. The molecule has 0 atom stereocenters. The van der Waals surface area contributed by atoms with Gasteiger partial charge in [-0.05, 0) is 23.8 Å². The predicted octanol–water partition coefficient (Wildman–Crippen LogP) is 2.18. The first-order valence-corrected chi connectivity index (χ1v) is 7.65. The molecule has 0 fully saturated rings. The third-order valence-corrected chi connectivity index (χ3v) is 3.56. The van der Waals surface area contributed by atoms with E-state index in [-0.39, 0.29) is 23.8 Å². The number of halogens is 3. The molecule has 10 heteroatoms. The highest BCUT2D eigenvalue weighted by Gasteiger charge is 2.29. The number of nitrogens with one attached hydrogen (secondary N) is 2. The van der Waals surface area contributed by atoms with E-state index >= 15 is 0 Å². The summed E-state index contributed by atoms with van der Waals surface area (Å²) < 4.78 is 37.6. The van der Waals surface area contributed by atoms with Gasteiger partial charge >= 0.3 is 6.18 Å². The van der Waals surface area contributed by atoms with Gasteiger partial charge in [-0.25, -0.2) is 15.0 Å². The summed E-state index contributed by atoms with van der Waals surface area (Å²) in [5, 5.41) is 2.46. The Bertz CT molecular complexity index is 1000. The third-order valence-electron chi connectivity index (χ3n) is 3.56. The lowest BCUT2D eigenvalue weighted by molar-refractivity contribution is -0.137. The van der Waals surface area contributed by atoms with Gasteiger partial charge in [-0.1, -0.05) is 12.1 Å². The number of H-pyrrole nitrogens is 1. The van der Waals surface area contributed by atoms with E-state index in [9.17, 15) is 22.8 Å². The van der Waals surface area contributed by atoms with Gasteiger partial charge in [0.1, 0.15) is 5.56 Å². The molecule has 0 spiro atoms. The van der Waals surface area contributed by atoms with E-state index in [1.54, 1.807) is 6.07 Å². The number of aromatic nitrogens is 4. The maximum atomic E-state index is 12.5. The molecule has 0 unspecified atom stereocenters. The minimum atomic E-state index is -4.43. The van der Waals surface area contributed by atoms with E-state index in [2.05, 4.69) is 25.3 Å². The van der Waals surface area contributed by atoms with E-state index in [4.69, 9.17) is 0 Å². The first kappa shape index (κ1) is 18.2. The van der Waals surface area contributed by atoms with E-state index in [1.807, 2.05) is 0 Å². The Labute approximate surface area is 150 Å². The van der Waals surface area contributed by atoms with E-state index in [0.717, 1.165) is 18.3 Å². The summed E-state index contributed by atoms with van der Waals surface area (Å²) >= 11 is 0. The van der Waals surface area contributed by atoms with E-state index < -0.39 is 23.2 Å². The second-order valence-corrected chi connectivity index (χ2v) is 5.42. The highest BCUT2D eigenvalue weighted by Crippen LogP contribution is 2.29. The fourth-order valence-electron chi connectivity index (χ4n) is 2.18. The Balaban J connectivity index is 1.69. The fourth-order valence-corrected chi connectivity index (χ4v) is 2.18. The monoisotopic (exact) mass is 375 g/mol. The predicted molar refractivity (Wildman–Crippen MR) is 88.5 cm³/mol. The molecule has 2 heterocycles. The number of hydrogen-bond acceptors (Lipinski definition) is 5. The molecule has 2 N–H and O–H groups in total. The van der Waals surface area contributed by atoms with Crippen LogP contribution >= 0.6 is 0 Å². The van der Waals surface area contributed by atoms with Gasteiger partial charge in [0.05, 0.1) is 5.56 Å². The van der Waals surface area contributed by atoms with Crippen LogP contribution in [0.5, 0.6) is 0 Å². The number of carbonyl (C=O) groups is 1. The van der Waals surface area contributed by atoms with Gasteiger partial charge in [0.25, 0.3) is 11.5 Å². The second-order valence-electron chi connectivity index (χ2n) is 5.42. The lowest BCUT2D eigenvalue weighted by Gasteiger charge is -2.08. The molecule has 0 radical (unpaired) electrons. The Morgan fingerprint density at radius 2 is 1.74 bits per heavy atom. The minimum Gasteiger partial charge on any atom is -0.348 e. The number of benzene rings is 1. The molecule has 2 aromatic heterocycles. The Morgan fingerprint density at radius 3 is 2.33 bits per heavy atom. The van der Waals surface area contributed by atoms with Crippen molar-refractivity contribution in [3.8, 4) is 11.6 Å². The standard InChI is InChI=1S/C17H12F3N5O2/c18-17(19,20)11-4-2-10(3-5-11)8-24-15(26)12-9-23-14(25-16(12)27)13-21-6-1-7-22-13/h1-7,9H,8H2,(H,24,26)(H,23,25,27). The summed E-state index contributed by atoms with van der Waals surface area (Å²) in [5.74, 6) is -0.393. The maximum Gasteiger partial charge on any atom is 0.416 e. The van der Waals surface area contributed by atoms with Crippen LogP contribution in [0.25, 0.3) is 11.6 Å². The normalized spacial score (nSPS) is 11.2. The third kappa shape index (κ3) is 4.35. The van der Waals surface area contributed by atoms with Crippen molar-refractivity contribution in [1.29, 1.82) is 0 Å². The summed E-state index contributed by atoms with van der Waals surface area (Å²) in [7, 11) is 0. The molecule has 3 rings (SSSR count). The molecule has 1 aromatic carbocycles. The van der Waals surface area contributed by atoms with E-state index in [1.165, 1.54) is 24.5 Å². The second kappa shape index (κ2) is 7.36. The number of carbonyl (C=O) groups excluding carboxylic acids is 1. The molecular formula is C17H12F3N5O2. The Hall–Kier alpha value is -3.56. The molecule has 1 amide bonds. The molecule has 0 saturated carbocycles. The van der Waals surface area contributed by atoms with Gasteiger partial charge in [0.15, 0.2) is 11.6 Å². The highest BCUT2D eigenvalue weighted by atomic mass is 19.4. The lowest BCUT2D eigenvalue weighted by Crippen LogP contribution is -2.29. The number of amides is 1. The summed E-state index contributed by atoms with van der Waals surface area (Å²) in [6.45, 7) is -0.0417. The van der Waals surface area contributed by atoms with Crippen molar-refractivity contribution in [1.82, 2.24) is 25.3 Å². The molecule has 0 aliphatic rings. The van der Waals surface area contributed by atoms with Crippen LogP contribution in [0.3, 0.4) is 0 Å². The van der Waals surface area contributed by atoms with Crippen LogP contribution in [0.4, 0.5) is 13.2 Å². The van der Waals surface area contributed by atoms with Crippen molar-refractivity contribution in [3.05, 3.63) is 76.0 Å². The molecule has 0 saturated heterocycles. The van der Waals surface area contributed by atoms with Gasteiger partial charge < -0.3 is 10.3 Å². The number of alkyl halides is 3. The molecule has 0 aliphatic heterocycles. The van der Waals surface area contributed by atoms with Crippen LogP contribution < -0.4 is 10.9 Å². The van der Waals surface area contributed by atoms with Gasteiger partial charge in [-0.2, -0.15) is 13.2 Å². The topological polar surface area (TPSA) is 101 Å². The Morgan fingerprint density at radius 1 is 1.07 bits per heavy atom. The van der Waals surface area contributed by atoms with Crippen molar-refractivity contribution in [2.45, 2.75) is 12.7 Å². The first-order valence-electron chi connectivity index (χ1n) is 7.65. The zero-order chi connectivity index (χ0) is 19.4. The lowest BCUT2D eigenvalue weighted by atomic mass is 10.1. The summed E-state index contributed by atoms with van der Waals surface area (Å²) in [4.78, 5) is 38.5. The summed E-state index contributed by atoms with van der Waals surface area (Å²) in [6.07, 6.45) is -0.377. The largest absolute Gasteiger partial charge is 0.416 e. The van der Waals surface area contributed by atoms with Crippen molar-refractivity contribution in [2.75, 3.05) is 0 Å². The van der Waals surface area contributed by atoms with Gasteiger partial charge in [-0.15, -0.1) is 0 Å². The smallest absolute Gasteiger partial charge is 0.348 e. The zero-order valence-corrected chi connectivity index (χ0v) is 13.6. The van der Waals surface area contributed by atoms with Crippen LogP contribution in [0.1, 0.15) is 21.5 Å². The fraction of sp³-hybridized carbons (Fsp3) is 0.118. The molecule has 0 aliphatic carbocycles. The van der Waals surface area contributed by atoms with Crippen LogP contribution in [0.15, 0.2) is 53.7 Å². The Kier molecular flexibility index (Phi) is 4.97. The van der Waals surface area contributed by atoms with Crippen LogP contribution in [0, 0.1) is 0 Å². The molecule has 138 valence electrons. The molecule has 27 heavy (non-hydrogen) atoms. The molecule has 0 bridgehead atoms. The van der Waals surface area contributed by atoms with Gasteiger partial charge in [-0.3, -0.25) is 9.59 Å². The molecule has 3 aromatic rings. The minimum absolute atomic E-state index is 0.0417. The highest BCUT2D eigenvalue weighted by molar-refractivity contribution is 5.93. The quantitative estimate of drug-likeness (QED) is 0.728. The van der Waals surface area contributed by atoms with Crippen molar-refractivity contribution in [3.63, 3.8) is 0 Å². The van der Waals surface area contributed by atoms with Gasteiger partial charge in [0.2, 0.25) is 0 Å².